The van der Waals surface area contributed by atoms with Gasteiger partial charge in [0, 0.05) is 32.7 Å². The molecule has 0 rings (SSSR count). The van der Waals surface area contributed by atoms with Crippen LogP contribution in [0.4, 0.5) is 0 Å². The first kappa shape index (κ1) is 12.3. The molecule has 0 amide bonds. The Morgan fingerprint density at radius 1 is 1.56 bits per heavy atom. The summed E-state index contributed by atoms with van der Waals surface area (Å²) in [6.45, 7) is 4.41. The van der Waals surface area contributed by atoms with Crippen LogP contribution in [0.25, 0.3) is 0 Å². The van der Waals surface area contributed by atoms with Gasteiger partial charge >= 0.3 is 0 Å². The summed E-state index contributed by atoms with van der Waals surface area (Å²) >= 11 is 0. The summed E-state index contributed by atoms with van der Waals surface area (Å²) < 4.78 is 0. The van der Waals surface area contributed by atoms with Crippen LogP contribution in [0, 0.1) is 6.92 Å². The zero-order valence-corrected chi connectivity index (χ0v) is 8.93. The fraction of sp³-hybridized carbons (Fsp3) is 0.667. The Morgan fingerprint density at radius 2 is 2.11 bits per heavy atom. The SMILES string of the molecule is [CH2-]CCN=[C-]N(C)C.[Y]. The van der Waals surface area contributed by atoms with Crippen molar-refractivity contribution in [1.29, 1.82) is 0 Å². The third-order valence-corrected chi connectivity index (χ3v) is 0.541. The third kappa shape index (κ3) is 11.9. The average molecular weight is 201 g/mol. The summed E-state index contributed by atoms with van der Waals surface area (Å²) in [6.07, 6.45) is 3.61. The van der Waals surface area contributed by atoms with E-state index in [0.29, 0.717) is 0 Å². The molecule has 0 bridgehead atoms. The predicted octanol–water partition coefficient (Wildman–Crippen LogP) is 0.675. The Bertz CT molecular complexity index is 71.5. The standard InChI is InChI=1S/C6H12N2.Y/c1-4-5-7-6-8(2)3;/h1,4-5H2,2-3H3;/q-2;. The third-order valence-electron chi connectivity index (χ3n) is 0.541. The zero-order chi connectivity index (χ0) is 6.41. The van der Waals surface area contributed by atoms with Gasteiger partial charge < -0.3 is 16.8 Å². The van der Waals surface area contributed by atoms with Crippen molar-refractivity contribution in [1.82, 2.24) is 4.90 Å². The smallest absolute Gasteiger partial charge is 0 e. The molecule has 0 aliphatic heterocycles. The number of hydrogen-bond acceptors (Lipinski definition) is 1. The minimum absolute atomic E-state index is 0. The summed E-state index contributed by atoms with van der Waals surface area (Å²) in [6, 6.07) is 0. The van der Waals surface area contributed by atoms with E-state index >= 15 is 0 Å². The number of aliphatic imine (C=N–C) groups is 1. The quantitative estimate of drug-likeness (QED) is 0.283. The van der Waals surface area contributed by atoms with Gasteiger partial charge in [0.15, 0.2) is 0 Å². The second-order valence-corrected chi connectivity index (χ2v) is 1.73. The van der Waals surface area contributed by atoms with Gasteiger partial charge in [-0.2, -0.15) is 6.42 Å². The van der Waals surface area contributed by atoms with E-state index in [-0.39, 0.29) is 32.7 Å². The van der Waals surface area contributed by atoms with Crippen molar-refractivity contribution >= 4 is 6.34 Å². The Hall–Kier alpha value is 0.574. The molecular weight excluding hydrogens is 189 g/mol. The van der Waals surface area contributed by atoms with E-state index in [1.165, 1.54) is 0 Å². The van der Waals surface area contributed by atoms with E-state index in [9.17, 15) is 0 Å². The Morgan fingerprint density at radius 3 is 2.44 bits per heavy atom. The molecule has 0 aromatic carbocycles. The molecule has 3 heteroatoms. The minimum Gasteiger partial charge on any atom is -0.542 e. The van der Waals surface area contributed by atoms with Crippen LogP contribution >= 0.6 is 0 Å². The van der Waals surface area contributed by atoms with Gasteiger partial charge in [0.05, 0.1) is 0 Å². The zero-order valence-electron chi connectivity index (χ0n) is 6.09. The van der Waals surface area contributed by atoms with Gasteiger partial charge in [-0.25, -0.2) is 0 Å². The molecule has 0 aromatic rings. The molecule has 0 N–H and O–H groups in total. The monoisotopic (exact) mass is 201 g/mol. The van der Waals surface area contributed by atoms with E-state index in [1.54, 1.807) is 4.90 Å². The molecule has 0 aliphatic rings. The van der Waals surface area contributed by atoms with E-state index in [2.05, 4.69) is 18.3 Å². The molecule has 0 spiro atoms. The van der Waals surface area contributed by atoms with Crippen LogP contribution in [0.3, 0.4) is 0 Å². The first-order valence-electron chi connectivity index (χ1n) is 2.66. The fourth-order valence-corrected chi connectivity index (χ4v) is 0.270. The molecule has 0 atom stereocenters. The van der Waals surface area contributed by atoms with Gasteiger partial charge in [-0.05, 0) is 20.6 Å². The summed E-state index contributed by atoms with van der Waals surface area (Å²) in [5.74, 6) is 0. The summed E-state index contributed by atoms with van der Waals surface area (Å²) in [7, 11) is 3.79. The van der Waals surface area contributed by atoms with E-state index in [1.807, 2.05) is 14.1 Å². The maximum absolute atomic E-state index is 3.90. The minimum atomic E-state index is 0. The van der Waals surface area contributed by atoms with Gasteiger partial charge in [-0.1, -0.05) is 0 Å². The molecule has 0 fully saturated rings. The van der Waals surface area contributed by atoms with Gasteiger partial charge in [0.1, 0.15) is 0 Å². The van der Waals surface area contributed by atoms with E-state index in [4.69, 9.17) is 0 Å². The normalized spacial score (nSPS) is 9.22. The molecule has 0 unspecified atom stereocenters. The molecule has 0 heterocycles. The van der Waals surface area contributed by atoms with Gasteiger partial charge in [0.25, 0.3) is 0 Å². The Balaban J connectivity index is 0. The van der Waals surface area contributed by atoms with Crippen molar-refractivity contribution in [3.8, 4) is 0 Å². The molecule has 9 heavy (non-hydrogen) atoms. The van der Waals surface area contributed by atoms with Crippen LogP contribution in [0.2, 0.25) is 0 Å². The summed E-state index contributed by atoms with van der Waals surface area (Å²) in [4.78, 5) is 5.69. The number of nitrogens with zero attached hydrogens (tertiary/aromatic N) is 2. The van der Waals surface area contributed by atoms with Crippen LogP contribution in [0.1, 0.15) is 6.42 Å². The number of hydrogen-bond donors (Lipinski definition) is 0. The topological polar surface area (TPSA) is 15.6 Å². The van der Waals surface area contributed by atoms with Crippen molar-refractivity contribution in [2.24, 2.45) is 4.99 Å². The molecule has 2 nitrogen and oxygen atoms in total. The average Bonchev–Trinajstić information content (AvgIpc) is 1.66. The molecular formula is C6H12N2Y-2. The van der Waals surface area contributed by atoms with Crippen molar-refractivity contribution in [3.05, 3.63) is 6.92 Å². The molecule has 0 saturated carbocycles. The van der Waals surface area contributed by atoms with Crippen molar-refractivity contribution < 1.29 is 32.7 Å². The van der Waals surface area contributed by atoms with Crippen LogP contribution < -0.4 is 0 Å². The van der Waals surface area contributed by atoms with Crippen LogP contribution in [0.15, 0.2) is 4.99 Å². The van der Waals surface area contributed by atoms with E-state index in [0.717, 1.165) is 13.0 Å². The molecule has 1 radical (unpaired) electrons. The van der Waals surface area contributed by atoms with Crippen molar-refractivity contribution in [3.63, 3.8) is 0 Å². The summed E-state index contributed by atoms with van der Waals surface area (Å²) in [5.41, 5.74) is 0. The van der Waals surface area contributed by atoms with E-state index < -0.39 is 0 Å². The Labute approximate surface area is 82.6 Å². The molecule has 51 valence electrons. The van der Waals surface area contributed by atoms with Gasteiger partial charge in [-0.3, -0.25) is 6.34 Å². The largest absolute Gasteiger partial charge is 0.542 e. The first-order valence-corrected chi connectivity index (χ1v) is 2.66. The predicted molar refractivity (Wildman–Crippen MR) is 36.0 cm³/mol. The summed E-state index contributed by atoms with van der Waals surface area (Å²) in [5, 5.41) is 0. The van der Waals surface area contributed by atoms with Crippen molar-refractivity contribution in [2.75, 3.05) is 20.6 Å². The van der Waals surface area contributed by atoms with Crippen LogP contribution in [0.5, 0.6) is 0 Å². The molecule has 0 aromatic heterocycles. The maximum atomic E-state index is 3.90. The van der Waals surface area contributed by atoms with Crippen LogP contribution in [-0.4, -0.2) is 31.9 Å². The molecule has 0 aliphatic carbocycles. The van der Waals surface area contributed by atoms with Crippen molar-refractivity contribution in [2.45, 2.75) is 6.42 Å². The van der Waals surface area contributed by atoms with Crippen LogP contribution in [-0.2, 0) is 32.7 Å². The second kappa shape index (κ2) is 8.57. The number of rotatable bonds is 3. The molecule has 0 saturated heterocycles. The van der Waals surface area contributed by atoms with Gasteiger partial charge in [0.2, 0.25) is 0 Å². The first-order chi connectivity index (χ1) is 3.77. The van der Waals surface area contributed by atoms with Gasteiger partial charge in [-0.15, -0.1) is 0 Å². The second-order valence-electron chi connectivity index (χ2n) is 1.73. The maximum Gasteiger partial charge on any atom is 0 e. The fourth-order valence-electron chi connectivity index (χ4n) is 0.270. The Kier molecular flexibility index (Phi) is 11.7.